The number of rotatable bonds is 7. The SMILES string of the molecule is O=C(CCNC(=O)c1cccs1)NCc1nc(-c2ccccc2)cs1. The zero-order chi connectivity index (χ0) is 17.5. The molecular weight excluding hydrogens is 354 g/mol. The van der Waals surface area contributed by atoms with E-state index in [4.69, 9.17) is 0 Å². The second-order valence-corrected chi connectivity index (χ2v) is 7.14. The number of nitrogens with zero attached hydrogens (tertiary/aromatic N) is 1. The third-order valence-electron chi connectivity index (χ3n) is 3.44. The monoisotopic (exact) mass is 371 g/mol. The highest BCUT2D eigenvalue weighted by Gasteiger charge is 2.08. The van der Waals surface area contributed by atoms with Crippen LogP contribution in [-0.4, -0.2) is 23.3 Å². The molecule has 128 valence electrons. The van der Waals surface area contributed by atoms with Crippen LogP contribution in [0.4, 0.5) is 0 Å². The number of amides is 2. The minimum Gasteiger partial charge on any atom is -0.351 e. The Balaban J connectivity index is 1.41. The van der Waals surface area contributed by atoms with Gasteiger partial charge in [-0.05, 0) is 11.4 Å². The van der Waals surface area contributed by atoms with E-state index >= 15 is 0 Å². The van der Waals surface area contributed by atoms with E-state index in [1.807, 2.05) is 47.2 Å². The molecule has 3 aromatic rings. The molecule has 0 aliphatic rings. The average Bonchev–Trinajstić information content (AvgIpc) is 3.32. The summed E-state index contributed by atoms with van der Waals surface area (Å²) in [6, 6.07) is 13.5. The molecule has 0 spiro atoms. The second-order valence-electron chi connectivity index (χ2n) is 5.25. The van der Waals surface area contributed by atoms with Gasteiger partial charge < -0.3 is 10.6 Å². The molecule has 0 bridgehead atoms. The van der Waals surface area contributed by atoms with E-state index in [2.05, 4.69) is 15.6 Å². The van der Waals surface area contributed by atoms with Gasteiger partial charge >= 0.3 is 0 Å². The van der Waals surface area contributed by atoms with Crippen molar-refractivity contribution in [1.29, 1.82) is 0 Å². The van der Waals surface area contributed by atoms with E-state index in [9.17, 15) is 9.59 Å². The van der Waals surface area contributed by atoms with Crippen LogP contribution in [0.2, 0.25) is 0 Å². The minimum absolute atomic E-state index is 0.108. The molecule has 0 unspecified atom stereocenters. The van der Waals surface area contributed by atoms with Crippen LogP contribution in [0.25, 0.3) is 11.3 Å². The maximum atomic E-state index is 11.9. The quantitative estimate of drug-likeness (QED) is 0.669. The van der Waals surface area contributed by atoms with Gasteiger partial charge in [0.15, 0.2) is 0 Å². The Labute approximate surface area is 153 Å². The zero-order valence-corrected chi connectivity index (χ0v) is 15.0. The summed E-state index contributed by atoms with van der Waals surface area (Å²) in [4.78, 5) is 28.8. The first-order valence-electron chi connectivity index (χ1n) is 7.80. The molecule has 7 heteroatoms. The Morgan fingerprint density at radius 3 is 2.60 bits per heavy atom. The van der Waals surface area contributed by atoms with Crippen molar-refractivity contribution in [3.63, 3.8) is 0 Å². The molecule has 0 atom stereocenters. The van der Waals surface area contributed by atoms with Gasteiger partial charge in [-0.2, -0.15) is 0 Å². The van der Waals surface area contributed by atoms with Crippen LogP contribution < -0.4 is 10.6 Å². The molecule has 0 radical (unpaired) electrons. The standard InChI is InChI=1S/C18H17N3O2S2/c22-16(8-9-19-18(23)15-7-4-10-24-15)20-11-17-21-14(12-25-17)13-5-2-1-3-6-13/h1-7,10,12H,8-9,11H2,(H,19,23)(H,20,22). The molecule has 3 rings (SSSR count). The topological polar surface area (TPSA) is 71.1 Å². The number of thiazole rings is 1. The molecule has 0 fully saturated rings. The molecule has 0 saturated carbocycles. The predicted molar refractivity (Wildman–Crippen MR) is 101 cm³/mol. The summed E-state index contributed by atoms with van der Waals surface area (Å²) in [5, 5.41) is 10.3. The van der Waals surface area contributed by atoms with Gasteiger partial charge in [0, 0.05) is 23.9 Å². The zero-order valence-electron chi connectivity index (χ0n) is 13.4. The number of thiophene rings is 1. The van der Waals surface area contributed by atoms with Crippen molar-refractivity contribution >= 4 is 34.5 Å². The number of hydrogen-bond acceptors (Lipinski definition) is 5. The van der Waals surface area contributed by atoms with Gasteiger partial charge in [0.25, 0.3) is 5.91 Å². The molecular formula is C18H17N3O2S2. The number of hydrogen-bond donors (Lipinski definition) is 2. The fourth-order valence-electron chi connectivity index (χ4n) is 2.18. The third kappa shape index (κ3) is 4.98. The summed E-state index contributed by atoms with van der Waals surface area (Å²) in [7, 11) is 0. The lowest BCUT2D eigenvalue weighted by atomic mass is 10.2. The summed E-state index contributed by atoms with van der Waals surface area (Å²) in [6.07, 6.45) is 0.244. The maximum Gasteiger partial charge on any atom is 0.261 e. The summed E-state index contributed by atoms with van der Waals surface area (Å²) in [6.45, 7) is 0.713. The smallest absolute Gasteiger partial charge is 0.261 e. The van der Waals surface area contributed by atoms with Crippen LogP contribution in [0.1, 0.15) is 21.1 Å². The van der Waals surface area contributed by atoms with E-state index in [0.717, 1.165) is 16.3 Å². The Morgan fingerprint density at radius 2 is 1.84 bits per heavy atom. The summed E-state index contributed by atoms with van der Waals surface area (Å²) >= 11 is 2.90. The molecule has 5 nitrogen and oxygen atoms in total. The van der Waals surface area contributed by atoms with Gasteiger partial charge in [-0.15, -0.1) is 22.7 Å². The van der Waals surface area contributed by atoms with Crippen molar-refractivity contribution in [1.82, 2.24) is 15.6 Å². The number of nitrogens with one attached hydrogen (secondary N) is 2. The molecule has 2 heterocycles. The lowest BCUT2D eigenvalue weighted by Gasteiger charge is -2.04. The molecule has 0 aliphatic heterocycles. The summed E-state index contributed by atoms with van der Waals surface area (Å²) in [5.74, 6) is -0.252. The normalized spacial score (nSPS) is 10.4. The highest BCUT2D eigenvalue weighted by atomic mass is 32.1. The number of carbonyl (C=O) groups is 2. The predicted octanol–water partition coefficient (Wildman–Crippen LogP) is 3.31. The van der Waals surface area contributed by atoms with Crippen LogP contribution in [0.3, 0.4) is 0 Å². The highest BCUT2D eigenvalue weighted by Crippen LogP contribution is 2.21. The maximum absolute atomic E-state index is 11.9. The van der Waals surface area contributed by atoms with Crippen LogP contribution >= 0.6 is 22.7 Å². The Kier molecular flexibility index (Phi) is 5.92. The van der Waals surface area contributed by atoms with Crippen LogP contribution in [0.5, 0.6) is 0 Å². The fourth-order valence-corrected chi connectivity index (χ4v) is 3.56. The Hall–Kier alpha value is -2.51. The van der Waals surface area contributed by atoms with Crippen LogP contribution in [0, 0.1) is 0 Å². The molecule has 2 N–H and O–H groups in total. The first-order chi connectivity index (χ1) is 12.2. The van der Waals surface area contributed by atoms with Gasteiger partial charge in [-0.1, -0.05) is 36.4 Å². The van der Waals surface area contributed by atoms with Crippen molar-refractivity contribution in [2.24, 2.45) is 0 Å². The van der Waals surface area contributed by atoms with Crippen LogP contribution in [0.15, 0.2) is 53.2 Å². The molecule has 2 aromatic heterocycles. The summed E-state index contributed by atoms with van der Waals surface area (Å²) in [5.41, 5.74) is 1.98. The van der Waals surface area contributed by atoms with E-state index in [1.165, 1.54) is 22.7 Å². The number of benzene rings is 1. The number of carbonyl (C=O) groups excluding carboxylic acids is 2. The van der Waals surface area contributed by atoms with Crippen molar-refractivity contribution in [2.75, 3.05) is 6.54 Å². The lowest BCUT2D eigenvalue weighted by Crippen LogP contribution is -2.30. The van der Waals surface area contributed by atoms with Gasteiger partial charge in [-0.25, -0.2) is 4.98 Å². The molecule has 2 amide bonds. The first kappa shape index (κ1) is 17.3. The molecule has 25 heavy (non-hydrogen) atoms. The Bertz CT molecular complexity index is 829. The van der Waals surface area contributed by atoms with Crippen LogP contribution in [-0.2, 0) is 11.3 Å². The lowest BCUT2D eigenvalue weighted by molar-refractivity contribution is -0.121. The second kappa shape index (κ2) is 8.55. The molecule has 1 aromatic carbocycles. The van der Waals surface area contributed by atoms with E-state index in [0.29, 0.717) is 18.0 Å². The van der Waals surface area contributed by atoms with Crippen molar-refractivity contribution in [3.05, 3.63) is 63.1 Å². The van der Waals surface area contributed by atoms with E-state index < -0.39 is 0 Å². The fraction of sp³-hybridized carbons (Fsp3) is 0.167. The molecule has 0 saturated heterocycles. The van der Waals surface area contributed by atoms with Gasteiger partial charge in [0.2, 0.25) is 5.91 Å². The first-order valence-corrected chi connectivity index (χ1v) is 9.56. The van der Waals surface area contributed by atoms with E-state index in [-0.39, 0.29) is 18.2 Å². The largest absolute Gasteiger partial charge is 0.351 e. The third-order valence-corrected chi connectivity index (χ3v) is 5.16. The number of aromatic nitrogens is 1. The average molecular weight is 371 g/mol. The van der Waals surface area contributed by atoms with E-state index in [1.54, 1.807) is 6.07 Å². The van der Waals surface area contributed by atoms with Gasteiger partial charge in [0.1, 0.15) is 5.01 Å². The Morgan fingerprint density at radius 1 is 1.00 bits per heavy atom. The molecule has 0 aliphatic carbocycles. The van der Waals surface area contributed by atoms with Gasteiger partial charge in [0.05, 0.1) is 17.1 Å². The van der Waals surface area contributed by atoms with Crippen molar-refractivity contribution < 1.29 is 9.59 Å². The highest BCUT2D eigenvalue weighted by molar-refractivity contribution is 7.12. The van der Waals surface area contributed by atoms with Crippen molar-refractivity contribution in [2.45, 2.75) is 13.0 Å². The van der Waals surface area contributed by atoms with Crippen molar-refractivity contribution in [3.8, 4) is 11.3 Å². The minimum atomic E-state index is -0.143. The summed E-state index contributed by atoms with van der Waals surface area (Å²) < 4.78 is 0. The van der Waals surface area contributed by atoms with Gasteiger partial charge in [-0.3, -0.25) is 9.59 Å².